The Balaban J connectivity index is 1.57. The van der Waals surface area contributed by atoms with E-state index in [2.05, 4.69) is 20.4 Å². The second kappa shape index (κ2) is 10.2. The Morgan fingerprint density at radius 2 is 2.14 bits per heavy atom. The van der Waals surface area contributed by atoms with E-state index in [0.29, 0.717) is 42.6 Å². The number of aromatic hydroxyl groups is 1. The molecule has 1 aliphatic rings. The molecule has 188 valence electrons. The van der Waals surface area contributed by atoms with Gasteiger partial charge in [-0.3, -0.25) is 4.79 Å². The van der Waals surface area contributed by atoms with Crippen molar-refractivity contribution in [1.82, 2.24) is 24.5 Å². The lowest BCUT2D eigenvalue weighted by Crippen LogP contribution is -2.45. The Kier molecular flexibility index (Phi) is 6.66. The molecule has 1 aliphatic heterocycles. The molecule has 10 nitrogen and oxygen atoms in total. The Morgan fingerprint density at radius 1 is 1.27 bits per heavy atom. The number of nitrogens with one attached hydrogen (secondary N) is 1. The summed E-state index contributed by atoms with van der Waals surface area (Å²) in [5.41, 5.74) is 1.91. The normalized spacial score (nSPS) is 15.5. The summed E-state index contributed by atoms with van der Waals surface area (Å²) in [5, 5.41) is 36.0. The van der Waals surface area contributed by atoms with Crippen LogP contribution in [-0.4, -0.2) is 59.7 Å². The molecule has 5 rings (SSSR count). The number of nitrogens with zero attached hydrogens (tertiary/aromatic N) is 6. The molecule has 1 aromatic carbocycles. The maximum absolute atomic E-state index is 15.9. The highest BCUT2D eigenvalue weighted by molar-refractivity contribution is 5.79. The summed E-state index contributed by atoms with van der Waals surface area (Å²) in [4.78, 5) is 22.8. The third-order valence-corrected chi connectivity index (χ3v) is 6.39. The summed E-state index contributed by atoms with van der Waals surface area (Å²) in [6.45, 7) is 0.499. The van der Waals surface area contributed by atoms with Gasteiger partial charge in [-0.25, -0.2) is 18.9 Å². The molecular formula is C26H24FN7O3. The zero-order valence-electron chi connectivity index (χ0n) is 19.8. The van der Waals surface area contributed by atoms with Crippen LogP contribution in [0.4, 0.5) is 10.2 Å². The minimum absolute atomic E-state index is 0.0317. The molecule has 1 fully saturated rings. The van der Waals surface area contributed by atoms with Crippen LogP contribution in [-0.2, 0) is 11.4 Å². The highest BCUT2D eigenvalue weighted by Gasteiger charge is 2.26. The summed E-state index contributed by atoms with van der Waals surface area (Å²) < 4.78 is 17.5. The van der Waals surface area contributed by atoms with Crippen LogP contribution in [0.1, 0.15) is 24.8 Å². The van der Waals surface area contributed by atoms with Crippen molar-refractivity contribution in [2.75, 3.05) is 18.4 Å². The number of hydrogen-bond donors (Lipinski definition) is 3. The van der Waals surface area contributed by atoms with E-state index in [9.17, 15) is 15.0 Å². The van der Waals surface area contributed by atoms with E-state index in [0.717, 1.165) is 5.52 Å². The minimum Gasteiger partial charge on any atom is -0.508 e. The van der Waals surface area contributed by atoms with Crippen molar-refractivity contribution >= 4 is 17.2 Å². The predicted octanol–water partition coefficient (Wildman–Crippen LogP) is 3.11. The van der Waals surface area contributed by atoms with Crippen molar-refractivity contribution in [1.29, 1.82) is 5.26 Å². The number of hydrogen-bond acceptors (Lipinski definition) is 8. The first-order valence-electron chi connectivity index (χ1n) is 11.8. The molecule has 1 atom stereocenters. The number of anilines is 1. The number of halogens is 1. The van der Waals surface area contributed by atoms with Gasteiger partial charge in [-0.15, -0.1) is 0 Å². The van der Waals surface area contributed by atoms with Crippen LogP contribution >= 0.6 is 0 Å². The van der Waals surface area contributed by atoms with E-state index < -0.39 is 5.82 Å². The number of aliphatic hydroxyl groups is 1. The van der Waals surface area contributed by atoms with Crippen molar-refractivity contribution in [3.8, 4) is 34.5 Å². The average molecular weight is 502 g/mol. The Hall–Kier alpha value is -4.56. The van der Waals surface area contributed by atoms with E-state index >= 15 is 4.39 Å². The number of carbonyl (C=O) groups excluding carboxylic acids is 1. The van der Waals surface area contributed by atoms with Crippen LogP contribution in [0.25, 0.3) is 28.2 Å². The van der Waals surface area contributed by atoms with E-state index in [4.69, 9.17) is 5.26 Å². The molecule has 1 amide bonds. The van der Waals surface area contributed by atoms with Crippen LogP contribution in [0.2, 0.25) is 0 Å². The highest BCUT2D eigenvalue weighted by atomic mass is 19.1. The minimum atomic E-state index is -0.711. The molecular weight excluding hydrogens is 477 g/mol. The van der Waals surface area contributed by atoms with Crippen LogP contribution in [0.3, 0.4) is 0 Å². The van der Waals surface area contributed by atoms with Gasteiger partial charge >= 0.3 is 0 Å². The molecule has 0 saturated carbocycles. The first kappa shape index (κ1) is 24.1. The molecule has 3 N–H and O–H groups in total. The van der Waals surface area contributed by atoms with Crippen LogP contribution < -0.4 is 5.32 Å². The SMILES string of the molecule is N#CCC(=O)N1CCCC(Nc2nc(-c3cnn4ccccc34)nc(-c3ccc(CO)c(O)c3)c2F)C1. The fraction of sp³-hybridized carbons (Fsp3) is 0.269. The molecule has 3 aromatic heterocycles. The van der Waals surface area contributed by atoms with Gasteiger partial charge in [0.15, 0.2) is 17.5 Å². The third kappa shape index (κ3) is 4.79. The Morgan fingerprint density at radius 3 is 2.92 bits per heavy atom. The van der Waals surface area contributed by atoms with Gasteiger partial charge in [0.2, 0.25) is 5.91 Å². The number of likely N-dealkylation sites (tertiary alicyclic amines) is 1. The molecule has 1 saturated heterocycles. The second-order valence-electron chi connectivity index (χ2n) is 8.81. The quantitative estimate of drug-likeness (QED) is 0.366. The molecule has 0 bridgehead atoms. The molecule has 4 heterocycles. The van der Waals surface area contributed by atoms with Gasteiger partial charge in [0.1, 0.15) is 17.9 Å². The van der Waals surface area contributed by atoms with Gasteiger partial charge in [-0.05, 0) is 31.0 Å². The number of aromatic nitrogens is 4. The molecule has 0 aliphatic carbocycles. The lowest BCUT2D eigenvalue weighted by atomic mass is 10.0. The van der Waals surface area contributed by atoms with E-state index in [-0.39, 0.29) is 48.1 Å². The largest absolute Gasteiger partial charge is 0.508 e. The van der Waals surface area contributed by atoms with E-state index in [1.807, 2.05) is 24.3 Å². The van der Waals surface area contributed by atoms with Crippen molar-refractivity contribution < 1.29 is 19.4 Å². The number of phenols is 1. The van der Waals surface area contributed by atoms with E-state index in [1.165, 1.54) is 12.1 Å². The molecule has 0 radical (unpaired) electrons. The summed E-state index contributed by atoms with van der Waals surface area (Å²) in [7, 11) is 0. The fourth-order valence-corrected chi connectivity index (χ4v) is 4.50. The van der Waals surface area contributed by atoms with Gasteiger partial charge in [0, 0.05) is 36.5 Å². The molecule has 11 heteroatoms. The Bertz CT molecular complexity index is 1510. The molecule has 1 unspecified atom stereocenters. The molecule has 37 heavy (non-hydrogen) atoms. The standard InChI is InChI=1S/C26H24FN7O3/c27-23-24(16-6-7-17(15-35)21(36)12-16)31-25(19-13-29-34-11-2-1-5-20(19)34)32-26(23)30-18-4-3-10-33(14-18)22(37)8-9-28/h1-2,5-7,11-13,18,35-36H,3-4,8,10,14-15H2,(H,30,31,32). The lowest BCUT2D eigenvalue weighted by molar-refractivity contribution is -0.131. The summed E-state index contributed by atoms with van der Waals surface area (Å²) in [6, 6.07) is 11.6. The number of fused-ring (bicyclic) bond motifs is 1. The summed E-state index contributed by atoms with van der Waals surface area (Å²) in [5.74, 6) is -0.954. The number of benzene rings is 1. The number of pyridine rings is 1. The van der Waals surface area contributed by atoms with Crippen LogP contribution in [0.5, 0.6) is 5.75 Å². The smallest absolute Gasteiger partial charge is 0.236 e. The van der Waals surface area contributed by atoms with Gasteiger partial charge in [-0.1, -0.05) is 18.2 Å². The fourth-order valence-electron chi connectivity index (χ4n) is 4.50. The van der Waals surface area contributed by atoms with Gasteiger partial charge in [0.05, 0.1) is 30.0 Å². The predicted molar refractivity (Wildman–Crippen MR) is 133 cm³/mol. The zero-order chi connectivity index (χ0) is 25.9. The monoisotopic (exact) mass is 501 g/mol. The van der Waals surface area contributed by atoms with Crippen molar-refractivity contribution in [3.63, 3.8) is 0 Å². The van der Waals surface area contributed by atoms with Gasteiger partial charge in [-0.2, -0.15) is 10.4 Å². The topological polar surface area (TPSA) is 140 Å². The molecule has 4 aromatic rings. The van der Waals surface area contributed by atoms with Crippen molar-refractivity contribution in [2.24, 2.45) is 0 Å². The third-order valence-electron chi connectivity index (χ3n) is 6.39. The number of carbonyl (C=O) groups is 1. The highest BCUT2D eigenvalue weighted by Crippen LogP contribution is 2.33. The van der Waals surface area contributed by atoms with Crippen LogP contribution in [0.15, 0.2) is 48.8 Å². The maximum Gasteiger partial charge on any atom is 0.236 e. The first-order valence-corrected chi connectivity index (χ1v) is 11.8. The lowest BCUT2D eigenvalue weighted by Gasteiger charge is -2.33. The maximum atomic E-state index is 15.9. The average Bonchev–Trinajstić information content (AvgIpc) is 3.34. The second-order valence-corrected chi connectivity index (χ2v) is 8.81. The number of nitriles is 1. The molecule has 0 spiro atoms. The number of piperidine rings is 1. The number of aliphatic hydroxyl groups excluding tert-OH is 1. The summed E-state index contributed by atoms with van der Waals surface area (Å²) in [6.07, 6.45) is 4.57. The number of amides is 1. The first-order chi connectivity index (χ1) is 18.0. The number of rotatable bonds is 6. The van der Waals surface area contributed by atoms with E-state index in [1.54, 1.807) is 27.9 Å². The van der Waals surface area contributed by atoms with Crippen molar-refractivity contribution in [2.45, 2.75) is 31.9 Å². The van der Waals surface area contributed by atoms with Gasteiger partial charge in [0.25, 0.3) is 0 Å². The zero-order valence-corrected chi connectivity index (χ0v) is 19.8. The summed E-state index contributed by atoms with van der Waals surface area (Å²) >= 11 is 0. The van der Waals surface area contributed by atoms with Crippen LogP contribution in [0, 0.1) is 17.1 Å². The Labute approximate surface area is 211 Å². The van der Waals surface area contributed by atoms with Crippen molar-refractivity contribution in [3.05, 3.63) is 60.2 Å². The van der Waals surface area contributed by atoms with Gasteiger partial charge < -0.3 is 20.4 Å².